The molecule has 3 aliphatic heterocycles. The number of thiol groups is 1. The number of nitrogen functional groups attached to an aromatic ring is 2. The molecule has 20 nitrogen and oxygen atoms in total. The highest BCUT2D eigenvalue weighted by Crippen LogP contribution is 2.67. The number of fused-ring (bicyclic) bond motifs is 5. The number of aliphatic hydroxyl groups is 2. The van der Waals surface area contributed by atoms with Crippen LogP contribution >= 0.6 is 37.2 Å². The van der Waals surface area contributed by atoms with Gasteiger partial charge in [-0.3, -0.25) is 27.2 Å². The molecule has 3 saturated heterocycles. The maximum absolute atomic E-state index is 14.5. The molecule has 3 aliphatic rings. The van der Waals surface area contributed by atoms with Crippen molar-refractivity contribution in [2.24, 2.45) is 0 Å². The number of hydrogen-bond acceptors (Lipinski definition) is 19. The Balaban J connectivity index is 1.25. The number of rotatable bonds is 3. The molecule has 6 N–H and O–H groups in total. The van der Waals surface area contributed by atoms with E-state index in [4.69, 9.17) is 39.0 Å². The van der Waals surface area contributed by atoms with Crippen LogP contribution in [0.1, 0.15) is 33.2 Å². The van der Waals surface area contributed by atoms with E-state index in [0.29, 0.717) is 0 Å². The number of ether oxygens (including phenoxy) is 2. The van der Waals surface area contributed by atoms with Gasteiger partial charge in [0.05, 0.1) is 25.9 Å². The highest BCUT2D eigenvalue weighted by atomic mass is 32.7. The molecule has 7 rings (SSSR count). The molecule has 2 bridgehead atoms. The van der Waals surface area contributed by atoms with Crippen molar-refractivity contribution in [3.63, 3.8) is 0 Å². The minimum Gasteiger partial charge on any atom is -0.387 e. The Morgan fingerprint density at radius 2 is 1.38 bits per heavy atom. The fourth-order valence-electron chi connectivity index (χ4n) is 5.60. The largest absolute Gasteiger partial charge is 0.390 e. The van der Waals surface area contributed by atoms with Crippen LogP contribution in [0.5, 0.6) is 0 Å². The first-order valence-electron chi connectivity index (χ1n) is 14.5. The molecule has 24 heteroatoms. The lowest BCUT2D eigenvalue weighted by Crippen LogP contribution is -2.36. The van der Waals surface area contributed by atoms with Crippen LogP contribution in [-0.2, 0) is 36.7 Å². The van der Waals surface area contributed by atoms with E-state index in [1.807, 2.05) is 0 Å². The Labute approximate surface area is 281 Å². The van der Waals surface area contributed by atoms with Gasteiger partial charge in [0.15, 0.2) is 35.4 Å². The van der Waals surface area contributed by atoms with Gasteiger partial charge in [0.2, 0.25) is 0 Å². The third-order valence-corrected chi connectivity index (χ3v) is 13.9. The van der Waals surface area contributed by atoms with Crippen LogP contribution in [0.25, 0.3) is 22.3 Å². The van der Waals surface area contributed by atoms with E-state index >= 15 is 0 Å². The lowest BCUT2D eigenvalue weighted by atomic mass is 10.1. The first-order valence-corrected chi connectivity index (χ1v) is 20.1. The van der Waals surface area contributed by atoms with Crippen molar-refractivity contribution in [3.05, 3.63) is 25.3 Å². The zero-order chi connectivity index (χ0) is 34.2. The van der Waals surface area contributed by atoms with E-state index in [1.54, 1.807) is 20.8 Å². The molecule has 7 heterocycles. The molecule has 4 aromatic heterocycles. The van der Waals surface area contributed by atoms with Gasteiger partial charge >= 0.3 is 13.6 Å². The van der Waals surface area contributed by atoms with Crippen LogP contribution in [0.3, 0.4) is 0 Å². The van der Waals surface area contributed by atoms with Crippen LogP contribution < -0.4 is 11.5 Å². The number of anilines is 2. The molecule has 0 saturated carbocycles. The van der Waals surface area contributed by atoms with Crippen LogP contribution in [0.4, 0.5) is 11.6 Å². The summed E-state index contributed by atoms with van der Waals surface area (Å²) in [6.45, 7) is -4.14. The van der Waals surface area contributed by atoms with Gasteiger partial charge in [0.25, 0.3) is 0 Å². The minimum absolute atomic E-state index is 0.100. The average Bonchev–Trinajstić information content (AvgIpc) is 3.76. The van der Waals surface area contributed by atoms with Crippen LogP contribution in [-0.4, -0.2) is 104 Å². The van der Waals surface area contributed by atoms with Crippen molar-refractivity contribution in [2.75, 3.05) is 24.7 Å². The summed E-state index contributed by atoms with van der Waals surface area (Å²) < 4.78 is 66.2. The summed E-state index contributed by atoms with van der Waals surface area (Å²) >= 11 is 5.05. The van der Waals surface area contributed by atoms with E-state index in [-0.39, 0.29) is 34.0 Å². The third kappa shape index (κ3) is 6.33. The topological polar surface area (TPSA) is 269 Å². The number of nitrogens with two attached hydrogens (primary N) is 2. The highest BCUT2D eigenvalue weighted by molar-refractivity contribution is 8.55. The van der Waals surface area contributed by atoms with Crippen molar-refractivity contribution in [3.8, 4) is 0 Å². The average molecular weight is 747 g/mol. The van der Waals surface area contributed by atoms with E-state index in [2.05, 4.69) is 42.2 Å². The van der Waals surface area contributed by atoms with Crippen molar-refractivity contribution < 1.29 is 46.9 Å². The van der Waals surface area contributed by atoms with E-state index in [9.17, 15) is 19.3 Å². The molecule has 0 spiro atoms. The summed E-state index contributed by atoms with van der Waals surface area (Å²) in [6, 6.07) is 0. The summed E-state index contributed by atoms with van der Waals surface area (Å²) in [6.07, 6.45) is -5.37. The SMILES string of the molecule is CC(C)(C)S[P@@]1(=O)OC[C@H]2O[C@@H](n3cnc4c(N)ncnc43)[C@H](O[P@](=O)(S)OC[C@H]3O[C@@H](n4cnc5c(N)ncnc54)[C@H](O)[C@@H]3O1)[C@@H]2O. The van der Waals surface area contributed by atoms with E-state index in [0.717, 1.165) is 11.4 Å². The van der Waals surface area contributed by atoms with Gasteiger partial charge in [-0.25, -0.2) is 39.0 Å². The number of nitrogens with zero attached hydrogens (tertiary/aromatic N) is 8. The van der Waals surface area contributed by atoms with Gasteiger partial charge in [0, 0.05) is 4.75 Å². The predicted octanol–water partition coefficient (Wildman–Crippen LogP) is 1.84. The standard InChI is InChI=1S/C24H32N10O10P2S2/c1-24(2,3)48-46(38)40-4-10-14(35)17(23(41-10)34-9-32-13-19(26)28-7-30-21(13)34)43-45(37,47)39-5-11-16(44-46)15(36)22(42-11)33-8-31-12-18(25)27-6-29-20(12)33/h6-11,14-17,22-23,35-36H,4-5H2,1-3H3,(H,37,47)(H2,25,27,29)(H2,26,28,30)/t10-,11-,14-,15-,16-,17-,22-,23-,45-,46+/m1/s1. The summed E-state index contributed by atoms with van der Waals surface area (Å²) in [5.41, 5.74) is 12.9. The van der Waals surface area contributed by atoms with Crippen molar-refractivity contribution in [1.29, 1.82) is 0 Å². The summed E-state index contributed by atoms with van der Waals surface area (Å²) in [4.78, 5) is 24.8. The molecule has 10 atom stereocenters. The van der Waals surface area contributed by atoms with E-state index < -0.39 is 80.6 Å². The molecule has 0 amide bonds. The summed E-state index contributed by atoms with van der Waals surface area (Å²) in [5.74, 6) is 0.210. The van der Waals surface area contributed by atoms with Gasteiger partial charge in [-0.1, -0.05) is 33.0 Å². The second-order valence-corrected chi connectivity index (χ2v) is 19.7. The molecule has 0 aromatic carbocycles. The Morgan fingerprint density at radius 1 is 0.812 bits per heavy atom. The van der Waals surface area contributed by atoms with E-state index in [1.165, 1.54) is 34.4 Å². The van der Waals surface area contributed by atoms with Gasteiger partial charge in [-0.2, -0.15) is 0 Å². The molecular formula is C24H32N10O10P2S2. The molecular weight excluding hydrogens is 714 g/mol. The Kier molecular flexibility index (Phi) is 8.78. The van der Waals surface area contributed by atoms with Crippen LogP contribution in [0.2, 0.25) is 0 Å². The van der Waals surface area contributed by atoms with Crippen molar-refractivity contribution >= 4 is 71.2 Å². The number of aliphatic hydroxyl groups excluding tert-OH is 2. The quantitative estimate of drug-likeness (QED) is 0.148. The lowest BCUT2D eigenvalue weighted by Gasteiger charge is -2.30. The third-order valence-electron chi connectivity index (χ3n) is 7.63. The molecule has 0 unspecified atom stereocenters. The zero-order valence-corrected chi connectivity index (χ0v) is 29.0. The Bertz CT molecular complexity index is 1950. The molecule has 3 fully saturated rings. The van der Waals surface area contributed by atoms with Crippen molar-refractivity contribution in [1.82, 2.24) is 39.0 Å². The number of imidazole rings is 2. The Morgan fingerprint density at radius 3 is 1.98 bits per heavy atom. The first kappa shape index (κ1) is 34.0. The van der Waals surface area contributed by atoms with Gasteiger partial charge < -0.3 is 31.2 Å². The Hall–Kier alpha value is -2.46. The fourth-order valence-corrected chi connectivity index (χ4v) is 11.6. The van der Waals surface area contributed by atoms with Gasteiger partial charge in [-0.15, -0.1) is 0 Å². The number of aromatic nitrogens is 8. The monoisotopic (exact) mass is 746 g/mol. The van der Waals surface area contributed by atoms with Gasteiger partial charge in [0.1, 0.15) is 60.3 Å². The van der Waals surface area contributed by atoms with Gasteiger partial charge in [-0.05, 0) is 11.4 Å². The second-order valence-electron chi connectivity index (χ2n) is 12.1. The minimum atomic E-state index is -4.33. The molecule has 48 heavy (non-hydrogen) atoms. The summed E-state index contributed by atoms with van der Waals surface area (Å²) in [5, 5.41) is 23.0. The summed E-state index contributed by atoms with van der Waals surface area (Å²) in [7, 11) is 0. The molecule has 0 radical (unpaired) electrons. The molecule has 4 aromatic rings. The van der Waals surface area contributed by atoms with Crippen LogP contribution in [0, 0.1) is 0 Å². The lowest BCUT2D eigenvalue weighted by molar-refractivity contribution is -0.0575. The zero-order valence-electron chi connectivity index (χ0n) is 25.5. The normalized spacial score (nSPS) is 36.5. The van der Waals surface area contributed by atoms with Crippen molar-refractivity contribution in [2.45, 2.75) is 74.6 Å². The first-order chi connectivity index (χ1) is 22.6. The maximum Gasteiger partial charge on any atom is 0.390 e. The fraction of sp³-hybridized carbons (Fsp3) is 0.583. The number of hydrogen-bond donors (Lipinski definition) is 5. The maximum atomic E-state index is 14.5. The van der Waals surface area contributed by atoms with Crippen LogP contribution in [0.15, 0.2) is 25.3 Å². The predicted molar refractivity (Wildman–Crippen MR) is 172 cm³/mol. The molecule has 0 aliphatic carbocycles. The second kappa shape index (κ2) is 12.4. The highest BCUT2D eigenvalue weighted by Gasteiger charge is 2.54. The smallest absolute Gasteiger partial charge is 0.387 e. The molecule has 260 valence electrons.